The Morgan fingerprint density at radius 1 is 1.02 bits per heavy atom. The van der Waals surface area contributed by atoms with Crippen molar-refractivity contribution in [3.8, 4) is 16.9 Å². The fourth-order valence-electron chi connectivity index (χ4n) is 9.44. The van der Waals surface area contributed by atoms with Crippen LogP contribution >= 0.6 is 0 Å². The normalized spacial score (nSPS) is 30.0. The average Bonchev–Trinajstić information content (AvgIpc) is 3.48. The standard InChI is InChI=1S/C38H43NO7/c1-22-25(33(36(44)45)39-32(22)29(23(2)41)35(39)43)10-5-20-46-28-11-4-9-27-31(28)26-8-3-7-24(30(26)34(27)42)21-38-16-13-37(14-17-38,15-18-38)12-6-19-40/h3-5,7-11,22-23,29,32,40-41H,6,12-21H2,1-2H3,(H,44,45)/b10-5+/t22-,23?,29?,32?,37?,38?/m0/s1. The van der Waals surface area contributed by atoms with Gasteiger partial charge in [0.05, 0.1) is 18.1 Å². The minimum atomic E-state index is -1.17. The highest BCUT2D eigenvalue weighted by Gasteiger charge is 2.59. The summed E-state index contributed by atoms with van der Waals surface area (Å²) in [6.07, 6.45) is 12.7. The summed E-state index contributed by atoms with van der Waals surface area (Å²) in [4.78, 5) is 40.0. The van der Waals surface area contributed by atoms with Gasteiger partial charge in [-0.3, -0.25) is 9.59 Å². The highest BCUT2D eigenvalue weighted by Crippen LogP contribution is 2.60. The predicted octanol–water partition coefficient (Wildman–Crippen LogP) is 5.68. The van der Waals surface area contributed by atoms with E-state index in [0.29, 0.717) is 22.3 Å². The summed E-state index contributed by atoms with van der Waals surface area (Å²) in [5, 5.41) is 29.4. The van der Waals surface area contributed by atoms with Crippen molar-refractivity contribution in [1.82, 2.24) is 4.90 Å². The molecule has 0 spiro atoms. The van der Waals surface area contributed by atoms with E-state index in [1.165, 1.54) is 43.4 Å². The van der Waals surface area contributed by atoms with Gasteiger partial charge in [-0.2, -0.15) is 0 Å². The number of amides is 1. The zero-order chi connectivity index (χ0) is 32.4. The van der Waals surface area contributed by atoms with E-state index < -0.39 is 18.0 Å². The van der Waals surface area contributed by atoms with Crippen molar-refractivity contribution in [2.24, 2.45) is 22.7 Å². The van der Waals surface area contributed by atoms with Gasteiger partial charge in [-0.15, -0.1) is 0 Å². The summed E-state index contributed by atoms with van der Waals surface area (Å²) < 4.78 is 6.23. The van der Waals surface area contributed by atoms with Crippen LogP contribution in [0.3, 0.4) is 0 Å². The number of β-lactam (4-membered cyclic amide) rings is 1. The molecule has 3 unspecified atom stereocenters. The molecule has 2 heterocycles. The molecule has 0 radical (unpaired) electrons. The molecule has 2 bridgehead atoms. The van der Waals surface area contributed by atoms with Crippen LogP contribution in [0.1, 0.15) is 86.7 Å². The number of ketones is 1. The van der Waals surface area contributed by atoms with Crippen molar-refractivity contribution in [3.05, 3.63) is 76.5 Å². The molecule has 1 saturated heterocycles. The number of rotatable bonds is 11. The van der Waals surface area contributed by atoms with Crippen LogP contribution in [0.4, 0.5) is 0 Å². The lowest BCUT2D eigenvalue weighted by molar-refractivity contribution is -0.163. The van der Waals surface area contributed by atoms with Gasteiger partial charge < -0.3 is 25.0 Å². The Morgan fingerprint density at radius 3 is 2.37 bits per heavy atom. The highest BCUT2D eigenvalue weighted by molar-refractivity contribution is 6.23. The Morgan fingerprint density at radius 2 is 1.70 bits per heavy atom. The number of allylic oxidation sites excluding steroid dienone is 1. The maximum absolute atomic E-state index is 13.9. The lowest BCUT2D eigenvalue weighted by Crippen LogP contribution is -2.63. The van der Waals surface area contributed by atoms with Crippen LogP contribution in [0.15, 0.2) is 59.8 Å². The number of carbonyl (C=O) groups excluding carboxylic acids is 2. The van der Waals surface area contributed by atoms with E-state index in [2.05, 4.69) is 6.07 Å². The van der Waals surface area contributed by atoms with Gasteiger partial charge in [-0.05, 0) is 104 Å². The van der Waals surface area contributed by atoms with Crippen molar-refractivity contribution in [1.29, 1.82) is 0 Å². The molecule has 8 heteroatoms. The molecule has 3 saturated carbocycles. The smallest absolute Gasteiger partial charge is 0.352 e. The van der Waals surface area contributed by atoms with Crippen LogP contribution in [0.5, 0.6) is 5.75 Å². The molecule has 1 amide bonds. The monoisotopic (exact) mass is 625 g/mol. The number of nitrogens with zero attached hydrogens (tertiary/aromatic N) is 1. The summed E-state index contributed by atoms with van der Waals surface area (Å²) in [6, 6.07) is 11.4. The van der Waals surface area contributed by atoms with Crippen molar-refractivity contribution in [2.75, 3.05) is 13.2 Å². The van der Waals surface area contributed by atoms with Gasteiger partial charge in [0, 0.05) is 29.2 Å². The third-order valence-corrected chi connectivity index (χ3v) is 12.0. The SMILES string of the molecule is CC(O)C1C(=O)N2C(C(=O)O)=C(/C=C/COc3cccc4c3-c3cccc(CC56CCC(CCCO)(CC5)CC6)c3C4=O)[C@H](C)C12. The van der Waals surface area contributed by atoms with E-state index in [4.69, 9.17) is 4.74 Å². The Bertz CT molecular complexity index is 1640. The van der Waals surface area contributed by atoms with Crippen molar-refractivity contribution in [2.45, 2.75) is 83.8 Å². The van der Waals surface area contributed by atoms with Crippen LogP contribution in [-0.4, -0.2) is 63.2 Å². The Hall–Kier alpha value is -3.75. The van der Waals surface area contributed by atoms with Crippen LogP contribution in [0.2, 0.25) is 0 Å². The maximum Gasteiger partial charge on any atom is 0.352 e. The van der Waals surface area contributed by atoms with Gasteiger partial charge in [-0.1, -0.05) is 43.3 Å². The molecule has 4 aliphatic carbocycles. The van der Waals surface area contributed by atoms with Crippen LogP contribution in [0.25, 0.3) is 11.1 Å². The molecule has 2 aliphatic heterocycles. The minimum Gasteiger partial charge on any atom is -0.489 e. The third kappa shape index (κ3) is 4.75. The number of hydrogen-bond donors (Lipinski definition) is 3. The third-order valence-electron chi connectivity index (χ3n) is 12.0. The fraction of sp³-hybridized carbons (Fsp3) is 0.500. The van der Waals surface area contributed by atoms with E-state index in [1.54, 1.807) is 19.1 Å². The first-order valence-corrected chi connectivity index (χ1v) is 16.8. The minimum absolute atomic E-state index is 0.0328. The zero-order valence-corrected chi connectivity index (χ0v) is 26.6. The first kappa shape index (κ1) is 30.9. The number of aliphatic carboxylic acids is 1. The largest absolute Gasteiger partial charge is 0.489 e. The summed E-state index contributed by atoms with van der Waals surface area (Å²) >= 11 is 0. The number of ether oxygens (including phenoxy) is 1. The second-order valence-electron chi connectivity index (χ2n) is 14.4. The molecular weight excluding hydrogens is 582 g/mol. The van der Waals surface area contributed by atoms with Crippen molar-refractivity contribution >= 4 is 17.7 Å². The summed E-state index contributed by atoms with van der Waals surface area (Å²) in [6.45, 7) is 3.87. The lowest BCUT2D eigenvalue weighted by atomic mass is 9.51. The van der Waals surface area contributed by atoms with Gasteiger partial charge in [0.1, 0.15) is 18.1 Å². The quantitative estimate of drug-likeness (QED) is 0.234. The summed E-state index contributed by atoms with van der Waals surface area (Å²) in [7, 11) is 0. The molecule has 8 nitrogen and oxygen atoms in total. The Kier molecular flexibility index (Phi) is 7.72. The van der Waals surface area contributed by atoms with E-state index in [0.717, 1.165) is 41.5 Å². The van der Waals surface area contributed by atoms with Crippen LogP contribution in [-0.2, 0) is 16.0 Å². The molecule has 242 valence electrons. The molecule has 2 aromatic rings. The number of carboxylic acid groups (broad SMARTS) is 1. The molecule has 4 atom stereocenters. The van der Waals surface area contributed by atoms with Crippen molar-refractivity contribution in [3.63, 3.8) is 0 Å². The number of aliphatic hydroxyl groups is 2. The molecule has 2 aromatic carbocycles. The predicted molar refractivity (Wildman–Crippen MR) is 172 cm³/mol. The molecule has 6 aliphatic rings. The molecule has 4 fully saturated rings. The van der Waals surface area contributed by atoms with Gasteiger partial charge in [0.2, 0.25) is 5.91 Å². The number of fused-ring (bicyclic) bond motifs is 7. The molecule has 8 rings (SSSR count). The van der Waals surface area contributed by atoms with Crippen LogP contribution in [0, 0.1) is 22.7 Å². The van der Waals surface area contributed by atoms with E-state index in [-0.39, 0.29) is 48.0 Å². The Balaban J connectivity index is 1.09. The summed E-state index contributed by atoms with van der Waals surface area (Å²) in [5.41, 5.74) is 5.39. The van der Waals surface area contributed by atoms with Crippen molar-refractivity contribution < 1.29 is 34.4 Å². The van der Waals surface area contributed by atoms with E-state index in [9.17, 15) is 29.7 Å². The number of aliphatic hydroxyl groups excluding tert-OH is 2. The molecule has 0 aromatic heterocycles. The summed E-state index contributed by atoms with van der Waals surface area (Å²) in [5.74, 6) is -1.73. The van der Waals surface area contributed by atoms with Gasteiger partial charge in [0.15, 0.2) is 5.78 Å². The molecule has 46 heavy (non-hydrogen) atoms. The van der Waals surface area contributed by atoms with Crippen LogP contribution < -0.4 is 4.74 Å². The van der Waals surface area contributed by atoms with Gasteiger partial charge in [0.25, 0.3) is 0 Å². The maximum atomic E-state index is 13.9. The number of carbonyl (C=O) groups is 3. The number of carboxylic acids is 1. The highest BCUT2D eigenvalue weighted by atomic mass is 16.5. The fourth-order valence-corrected chi connectivity index (χ4v) is 9.44. The molecule has 3 N–H and O–H groups in total. The Labute approximate surface area is 269 Å². The van der Waals surface area contributed by atoms with Gasteiger partial charge >= 0.3 is 5.97 Å². The second kappa shape index (κ2) is 11.5. The first-order chi connectivity index (χ1) is 22.1. The van der Waals surface area contributed by atoms with E-state index in [1.807, 2.05) is 37.3 Å². The van der Waals surface area contributed by atoms with E-state index >= 15 is 0 Å². The van der Waals surface area contributed by atoms with Gasteiger partial charge in [-0.25, -0.2) is 4.79 Å². The zero-order valence-electron chi connectivity index (χ0n) is 26.6. The average molecular weight is 626 g/mol. The molecular formula is C38H43NO7. The number of benzene rings is 2. The first-order valence-electron chi connectivity index (χ1n) is 16.8. The second-order valence-corrected chi connectivity index (χ2v) is 14.4. The topological polar surface area (TPSA) is 124 Å². The number of hydrogen-bond acceptors (Lipinski definition) is 6. The lowest BCUT2D eigenvalue weighted by Gasteiger charge is -2.54.